The number of benzene rings is 3. The lowest BCUT2D eigenvalue weighted by molar-refractivity contribution is 0.0735. The Morgan fingerprint density at radius 1 is 1.11 bits per heavy atom. The molecule has 0 aliphatic carbocycles. The Kier molecular flexibility index (Phi) is 4.24. The Bertz CT molecular complexity index is 1150. The molecule has 4 nitrogen and oxygen atoms in total. The van der Waals surface area contributed by atoms with Crippen molar-refractivity contribution >= 4 is 38.2 Å². The van der Waals surface area contributed by atoms with Crippen LogP contribution in [0.25, 0.3) is 21.0 Å². The molecular formula is C23H20N2O2S. The first kappa shape index (κ1) is 17.2. The van der Waals surface area contributed by atoms with Crippen molar-refractivity contribution in [1.82, 2.24) is 9.88 Å². The minimum Gasteiger partial charge on any atom is -0.497 e. The van der Waals surface area contributed by atoms with Gasteiger partial charge in [-0.15, -0.1) is 11.3 Å². The molecule has 2 heterocycles. The number of likely N-dealkylation sites (tertiary alicyclic amines) is 1. The number of methoxy groups -OCH3 is 1. The van der Waals surface area contributed by atoms with Crippen molar-refractivity contribution in [2.24, 2.45) is 0 Å². The fourth-order valence-electron chi connectivity index (χ4n) is 3.95. The summed E-state index contributed by atoms with van der Waals surface area (Å²) in [4.78, 5) is 20.1. The Morgan fingerprint density at radius 2 is 1.93 bits per heavy atom. The standard InChI is InChI=1S/C23H20N2O2S/c1-27-18-11-10-15-13-17(9-8-16(15)14-18)23(26)25-12-4-6-20(25)22-24-19-5-2-3-7-21(19)28-22/h2-3,5,7-11,13-14,20H,4,6,12H2,1H3/t20-/m0/s1. The summed E-state index contributed by atoms with van der Waals surface area (Å²) in [6.45, 7) is 0.778. The lowest BCUT2D eigenvalue weighted by atomic mass is 10.1. The van der Waals surface area contributed by atoms with Crippen LogP contribution in [0.5, 0.6) is 5.75 Å². The second-order valence-corrected chi connectivity index (χ2v) is 8.17. The van der Waals surface area contributed by atoms with Crippen LogP contribution >= 0.6 is 11.3 Å². The molecule has 0 bridgehead atoms. The van der Waals surface area contributed by atoms with Crippen LogP contribution in [0.2, 0.25) is 0 Å². The van der Waals surface area contributed by atoms with E-state index in [4.69, 9.17) is 9.72 Å². The molecular weight excluding hydrogens is 368 g/mol. The first-order valence-corrected chi connectivity index (χ1v) is 10.3. The van der Waals surface area contributed by atoms with Gasteiger partial charge in [-0.25, -0.2) is 4.98 Å². The van der Waals surface area contributed by atoms with E-state index in [0.717, 1.165) is 52.0 Å². The molecule has 1 amide bonds. The monoisotopic (exact) mass is 388 g/mol. The summed E-state index contributed by atoms with van der Waals surface area (Å²) in [7, 11) is 1.66. The van der Waals surface area contributed by atoms with Crippen molar-refractivity contribution in [2.45, 2.75) is 18.9 Å². The third-order valence-electron chi connectivity index (χ3n) is 5.40. The second-order valence-electron chi connectivity index (χ2n) is 7.10. The molecule has 1 aliphatic heterocycles. The third kappa shape index (κ3) is 2.92. The minimum absolute atomic E-state index is 0.0662. The Hall–Kier alpha value is -2.92. The topological polar surface area (TPSA) is 42.4 Å². The van der Waals surface area contributed by atoms with Gasteiger partial charge in [-0.1, -0.05) is 24.3 Å². The second kappa shape index (κ2) is 6.91. The molecule has 0 radical (unpaired) electrons. The molecule has 1 aliphatic rings. The molecule has 0 spiro atoms. The number of fused-ring (bicyclic) bond motifs is 2. The number of amides is 1. The van der Waals surface area contributed by atoms with Gasteiger partial charge >= 0.3 is 0 Å². The van der Waals surface area contributed by atoms with E-state index in [2.05, 4.69) is 6.07 Å². The lowest BCUT2D eigenvalue weighted by Gasteiger charge is -2.23. The number of rotatable bonds is 3. The van der Waals surface area contributed by atoms with E-state index in [0.29, 0.717) is 0 Å². The van der Waals surface area contributed by atoms with Crippen LogP contribution < -0.4 is 4.74 Å². The average molecular weight is 388 g/mol. The molecule has 4 aromatic rings. The van der Waals surface area contributed by atoms with Gasteiger partial charge in [0.1, 0.15) is 10.8 Å². The van der Waals surface area contributed by atoms with Gasteiger partial charge < -0.3 is 9.64 Å². The number of thiazole rings is 1. The number of nitrogens with zero attached hydrogens (tertiary/aromatic N) is 2. The maximum atomic E-state index is 13.3. The molecule has 5 heteroatoms. The van der Waals surface area contributed by atoms with Gasteiger partial charge in [0.05, 0.1) is 23.4 Å². The Morgan fingerprint density at radius 3 is 2.79 bits per heavy atom. The Labute approximate surface area is 167 Å². The van der Waals surface area contributed by atoms with Gasteiger partial charge in [0, 0.05) is 12.1 Å². The van der Waals surface area contributed by atoms with E-state index < -0.39 is 0 Å². The van der Waals surface area contributed by atoms with Gasteiger partial charge in [0.2, 0.25) is 0 Å². The number of ether oxygens (including phenoxy) is 1. The van der Waals surface area contributed by atoms with Crippen molar-refractivity contribution in [3.8, 4) is 5.75 Å². The van der Waals surface area contributed by atoms with Gasteiger partial charge in [-0.2, -0.15) is 0 Å². The van der Waals surface area contributed by atoms with Gasteiger partial charge in [0.15, 0.2) is 0 Å². The summed E-state index contributed by atoms with van der Waals surface area (Å²) in [6, 6.07) is 20.0. The molecule has 1 aromatic heterocycles. The van der Waals surface area contributed by atoms with E-state index in [1.165, 1.54) is 4.70 Å². The minimum atomic E-state index is 0.0662. The molecule has 0 unspecified atom stereocenters. The van der Waals surface area contributed by atoms with E-state index in [1.54, 1.807) is 18.4 Å². The SMILES string of the molecule is COc1ccc2cc(C(=O)N3CCC[C@H]3c3nc4ccccc4s3)ccc2c1. The number of para-hydroxylation sites is 1. The maximum Gasteiger partial charge on any atom is 0.254 e. The van der Waals surface area contributed by atoms with Crippen molar-refractivity contribution in [2.75, 3.05) is 13.7 Å². The number of aromatic nitrogens is 1. The van der Waals surface area contributed by atoms with Gasteiger partial charge in [0.25, 0.3) is 5.91 Å². The summed E-state index contributed by atoms with van der Waals surface area (Å²) in [5, 5.41) is 3.15. The van der Waals surface area contributed by atoms with E-state index in [1.807, 2.05) is 59.5 Å². The zero-order valence-electron chi connectivity index (χ0n) is 15.6. The quantitative estimate of drug-likeness (QED) is 0.470. The molecule has 3 aromatic carbocycles. The molecule has 1 saturated heterocycles. The molecule has 1 atom stereocenters. The summed E-state index contributed by atoms with van der Waals surface area (Å²) in [5.41, 5.74) is 1.74. The first-order valence-electron chi connectivity index (χ1n) is 9.47. The van der Waals surface area contributed by atoms with Crippen LogP contribution in [-0.4, -0.2) is 29.4 Å². The number of hydrogen-bond donors (Lipinski definition) is 0. The van der Waals surface area contributed by atoms with Crippen molar-refractivity contribution < 1.29 is 9.53 Å². The fraction of sp³-hybridized carbons (Fsp3) is 0.217. The van der Waals surface area contributed by atoms with Crippen LogP contribution in [0.3, 0.4) is 0 Å². The number of hydrogen-bond acceptors (Lipinski definition) is 4. The highest BCUT2D eigenvalue weighted by Gasteiger charge is 2.32. The summed E-state index contributed by atoms with van der Waals surface area (Å²) >= 11 is 1.70. The summed E-state index contributed by atoms with van der Waals surface area (Å²) < 4.78 is 6.47. The molecule has 0 N–H and O–H groups in total. The summed E-state index contributed by atoms with van der Waals surface area (Å²) in [5.74, 6) is 0.904. The van der Waals surface area contributed by atoms with Crippen LogP contribution in [0.1, 0.15) is 34.2 Å². The molecule has 1 fully saturated rings. The van der Waals surface area contributed by atoms with Crippen molar-refractivity contribution in [1.29, 1.82) is 0 Å². The van der Waals surface area contributed by atoms with Crippen LogP contribution in [0, 0.1) is 0 Å². The fourth-order valence-corrected chi connectivity index (χ4v) is 5.06. The van der Waals surface area contributed by atoms with E-state index in [9.17, 15) is 4.79 Å². The van der Waals surface area contributed by atoms with E-state index >= 15 is 0 Å². The zero-order valence-corrected chi connectivity index (χ0v) is 16.4. The normalized spacial score (nSPS) is 16.8. The van der Waals surface area contributed by atoms with E-state index in [-0.39, 0.29) is 11.9 Å². The maximum absolute atomic E-state index is 13.3. The molecule has 28 heavy (non-hydrogen) atoms. The van der Waals surface area contributed by atoms with Gasteiger partial charge in [-0.3, -0.25) is 4.79 Å². The zero-order chi connectivity index (χ0) is 19.1. The smallest absolute Gasteiger partial charge is 0.254 e. The largest absolute Gasteiger partial charge is 0.497 e. The first-order chi connectivity index (χ1) is 13.7. The number of carbonyl (C=O) groups is 1. The highest BCUT2D eigenvalue weighted by atomic mass is 32.1. The predicted molar refractivity (Wildman–Crippen MR) is 113 cm³/mol. The Balaban J connectivity index is 1.47. The van der Waals surface area contributed by atoms with Crippen LogP contribution in [-0.2, 0) is 0 Å². The lowest BCUT2D eigenvalue weighted by Crippen LogP contribution is -2.30. The van der Waals surface area contributed by atoms with Crippen LogP contribution in [0.15, 0.2) is 60.7 Å². The van der Waals surface area contributed by atoms with Crippen molar-refractivity contribution in [3.05, 3.63) is 71.2 Å². The van der Waals surface area contributed by atoms with Crippen molar-refractivity contribution in [3.63, 3.8) is 0 Å². The molecule has 5 rings (SSSR count). The van der Waals surface area contributed by atoms with Crippen LogP contribution in [0.4, 0.5) is 0 Å². The predicted octanol–water partition coefficient (Wildman–Crippen LogP) is 5.44. The number of carbonyl (C=O) groups excluding carboxylic acids is 1. The average Bonchev–Trinajstić information content (AvgIpc) is 3.39. The highest BCUT2D eigenvalue weighted by Crippen LogP contribution is 2.37. The third-order valence-corrected chi connectivity index (χ3v) is 6.54. The molecule has 0 saturated carbocycles. The van der Waals surface area contributed by atoms with Gasteiger partial charge in [-0.05, 0) is 60.0 Å². The molecule has 140 valence electrons. The highest BCUT2D eigenvalue weighted by molar-refractivity contribution is 7.18. The summed E-state index contributed by atoms with van der Waals surface area (Å²) in [6.07, 6.45) is 1.98.